The van der Waals surface area contributed by atoms with Gasteiger partial charge >= 0.3 is 0 Å². The number of halogens is 1. The lowest BCUT2D eigenvalue weighted by Gasteiger charge is -2.46. The number of aromatic nitrogens is 2. The van der Waals surface area contributed by atoms with Crippen molar-refractivity contribution in [3.8, 4) is 0 Å². The van der Waals surface area contributed by atoms with Gasteiger partial charge in [0.25, 0.3) is 0 Å². The Kier molecular flexibility index (Phi) is 6.60. The standard InChI is InChI=1S/C23H32ClN3O2/c1-16-11-23(25-26(16)2)18-5-9-20(10-6-18)27-13-22(14-28)29-15-21(27)12-17-3-7-19(24)8-4-17/h3-4,7-8,11,18,20-22,28H,5-6,9-10,12-15H2,1-2H3/t18?,20?,21-,22?/m0/s1. The maximum Gasteiger partial charge on any atom is 0.0933 e. The number of nitrogens with zero attached hydrogens (tertiary/aromatic N) is 3. The van der Waals surface area contributed by atoms with Crippen LogP contribution in [-0.2, 0) is 18.2 Å². The molecule has 2 aliphatic rings. The van der Waals surface area contributed by atoms with Gasteiger partial charge in [0, 0.05) is 42.3 Å². The van der Waals surface area contributed by atoms with E-state index in [2.05, 4.69) is 30.0 Å². The van der Waals surface area contributed by atoms with E-state index >= 15 is 0 Å². The van der Waals surface area contributed by atoms with Crippen LogP contribution in [0.25, 0.3) is 0 Å². The molecule has 2 aromatic rings. The lowest BCUT2D eigenvalue weighted by Crippen LogP contribution is -2.56. The molecule has 2 atom stereocenters. The Hall–Kier alpha value is -1.40. The average Bonchev–Trinajstić information content (AvgIpc) is 3.08. The summed E-state index contributed by atoms with van der Waals surface area (Å²) in [6.45, 7) is 3.69. The zero-order chi connectivity index (χ0) is 20.4. The van der Waals surface area contributed by atoms with Crippen LogP contribution < -0.4 is 0 Å². The number of aliphatic hydroxyl groups is 1. The summed E-state index contributed by atoms with van der Waals surface area (Å²) in [5.74, 6) is 0.565. The summed E-state index contributed by atoms with van der Waals surface area (Å²) < 4.78 is 7.92. The fourth-order valence-corrected chi connectivity index (χ4v) is 5.02. The van der Waals surface area contributed by atoms with Crippen molar-refractivity contribution >= 4 is 11.6 Å². The summed E-state index contributed by atoms with van der Waals surface area (Å²) in [6, 6.07) is 11.3. The molecule has 29 heavy (non-hydrogen) atoms. The highest BCUT2D eigenvalue weighted by atomic mass is 35.5. The van der Waals surface area contributed by atoms with Crippen molar-refractivity contribution in [3.63, 3.8) is 0 Å². The quantitative estimate of drug-likeness (QED) is 0.805. The fourth-order valence-electron chi connectivity index (χ4n) is 4.90. The Labute approximate surface area is 178 Å². The first-order chi connectivity index (χ1) is 14.0. The molecule has 1 aromatic carbocycles. The van der Waals surface area contributed by atoms with E-state index in [1.807, 2.05) is 23.9 Å². The van der Waals surface area contributed by atoms with Crippen LogP contribution in [0.4, 0.5) is 0 Å². The zero-order valence-corrected chi connectivity index (χ0v) is 18.2. The van der Waals surface area contributed by atoms with Crippen molar-refractivity contribution in [3.05, 3.63) is 52.3 Å². The van der Waals surface area contributed by atoms with Gasteiger partial charge in [0.2, 0.25) is 0 Å². The second kappa shape index (κ2) is 9.17. The molecule has 0 radical (unpaired) electrons. The van der Waals surface area contributed by atoms with Gasteiger partial charge < -0.3 is 9.84 Å². The maximum atomic E-state index is 9.66. The Morgan fingerprint density at radius 2 is 1.90 bits per heavy atom. The molecule has 0 amide bonds. The van der Waals surface area contributed by atoms with Crippen molar-refractivity contribution in [1.29, 1.82) is 0 Å². The maximum absolute atomic E-state index is 9.66. The van der Waals surface area contributed by atoms with E-state index < -0.39 is 0 Å². The highest BCUT2D eigenvalue weighted by Gasteiger charge is 2.36. The lowest BCUT2D eigenvalue weighted by atomic mass is 9.82. The third-order valence-corrected chi connectivity index (χ3v) is 6.96. The summed E-state index contributed by atoms with van der Waals surface area (Å²) in [6.07, 6.45) is 5.58. The number of hydrogen-bond acceptors (Lipinski definition) is 4. The van der Waals surface area contributed by atoms with E-state index in [-0.39, 0.29) is 12.7 Å². The van der Waals surface area contributed by atoms with Crippen LogP contribution in [0.1, 0.15) is 48.6 Å². The summed E-state index contributed by atoms with van der Waals surface area (Å²) >= 11 is 6.05. The molecule has 1 saturated heterocycles. The van der Waals surface area contributed by atoms with E-state index in [1.54, 1.807) is 0 Å². The minimum absolute atomic E-state index is 0.0763. The smallest absolute Gasteiger partial charge is 0.0933 e. The van der Waals surface area contributed by atoms with Gasteiger partial charge in [-0.25, -0.2) is 0 Å². The number of morpholine rings is 1. The first-order valence-electron chi connectivity index (χ1n) is 10.8. The molecule has 2 heterocycles. The van der Waals surface area contributed by atoms with Crippen LogP contribution >= 0.6 is 11.6 Å². The molecule has 0 bridgehead atoms. The molecular formula is C23H32ClN3O2. The fraction of sp³-hybridized carbons (Fsp3) is 0.609. The van der Waals surface area contributed by atoms with E-state index in [4.69, 9.17) is 21.4 Å². The van der Waals surface area contributed by atoms with E-state index in [0.717, 1.165) is 18.0 Å². The van der Waals surface area contributed by atoms with Crippen molar-refractivity contribution in [2.24, 2.45) is 7.05 Å². The highest BCUT2D eigenvalue weighted by molar-refractivity contribution is 6.30. The van der Waals surface area contributed by atoms with Gasteiger partial charge in [-0.1, -0.05) is 23.7 Å². The molecule has 158 valence electrons. The van der Waals surface area contributed by atoms with Crippen LogP contribution in [0.3, 0.4) is 0 Å². The van der Waals surface area contributed by atoms with E-state index in [0.29, 0.717) is 24.6 Å². The van der Waals surface area contributed by atoms with Crippen LogP contribution in [0.5, 0.6) is 0 Å². The Morgan fingerprint density at radius 1 is 1.17 bits per heavy atom. The highest BCUT2D eigenvalue weighted by Crippen LogP contribution is 2.36. The predicted octanol–water partition coefficient (Wildman–Crippen LogP) is 3.71. The average molecular weight is 418 g/mol. The molecule has 1 aliphatic heterocycles. The SMILES string of the molecule is Cc1cc(C2CCC(N3CC(CO)OC[C@@H]3Cc3ccc(Cl)cc3)CC2)nn1C. The van der Waals surface area contributed by atoms with Gasteiger partial charge in [-0.15, -0.1) is 0 Å². The number of hydrogen-bond donors (Lipinski definition) is 1. The monoisotopic (exact) mass is 417 g/mol. The molecule has 0 spiro atoms. The third kappa shape index (κ3) is 4.85. The van der Waals surface area contributed by atoms with Crippen molar-refractivity contribution < 1.29 is 9.84 Å². The van der Waals surface area contributed by atoms with Crippen molar-refractivity contribution in [1.82, 2.24) is 14.7 Å². The van der Waals surface area contributed by atoms with Crippen LogP contribution in [0, 0.1) is 6.92 Å². The summed E-state index contributed by atoms with van der Waals surface area (Å²) in [4.78, 5) is 2.61. The molecule has 1 N–H and O–H groups in total. The number of aliphatic hydroxyl groups excluding tert-OH is 1. The Bertz CT molecular complexity index is 779. The Balaban J connectivity index is 1.42. The van der Waals surface area contributed by atoms with Gasteiger partial charge in [0.15, 0.2) is 0 Å². The summed E-state index contributed by atoms with van der Waals surface area (Å²) in [5, 5.41) is 15.1. The van der Waals surface area contributed by atoms with Crippen LogP contribution in [0.2, 0.25) is 5.02 Å². The molecule has 1 aliphatic carbocycles. The van der Waals surface area contributed by atoms with Gasteiger partial charge in [-0.2, -0.15) is 5.10 Å². The molecule has 1 saturated carbocycles. The van der Waals surface area contributed by atoms with Crippen molar-refractivity contribution in [2.45, 2.75) is 63.1 Å². The number of rotatable bonds is 5. The second-order valence-electron chi connectivity index (χ2n) is 8.66. The molecule has 5 nitrogen and oxygen atoms in total. The molecule has 1 aromatic heterocycles. The van der Waals surface area contributed by atoms with E-state index in [9.17, 15) is 5.11 Å². The second-order valence-corrected chi connectivity index (χ2v) is 9.10. The first kappa shape index (κ1) is 20.9. The third-order valence-electron chi connectivity index (χ3n) is 6.71. The zero-order valence-electron chi connectivity index (χ0n) is 17.4. The normalized spacial score (nSPS) is 28.6. The minimum atomic E-state index is -0.0763. The number of ether oxygens (including phenoxy) is 1. The molecular weight excluding hydrogens is 386 g/mol. The van der Waals surface area contributed by atoms with Gasteiger partial charge in [-0.3, -0.25) is 9.58 Å². The molecule has 2 fully saturated rings. The largest absolute Gasteiger partial charge is 0.394 e. The summed E-state index contributed by atoms with van der Waals surface area (Å²) in [5.41, 5.74) is 3.76. The molecule has 6 heteroatoms. The number of benzene rings is 1. The predicted molar refractivity (Wildman–Crippen MR) is 115 cm³/mol. The Morgan fingerprint density at radius 3 is 2.52 bits per heavy atom. The summed E-state index contributed by atoms with van der Waals surface area (Å²) in [7, 11) is 2.02. The topological polar surface area (TPSA) is 50.5 Å². The first-order valence-corrected chi connectivity index (χ1v) is 11.1. The lowest BCUT2D eigenvalue weighted by molar-refractivity contribution is -0.0998. The van der Waals surface area contributed by atoms with Gasteiger partial charge in [0.05, 0.1) is 25.0 Å². The van der Waals surface area contributed by atoms with Gasteiger partial charge in [-0.05, 0) is 62.8 Å². The minimum Gasteiger partial charge on any atom is -0.394 e. The molecule has 4 rings (SSSR count). The van der Waals surface area contributed by atoms with Crippen LogP contribution in [0.15, 0.2) is 30.3 Å². The number of aryl methyl sites for hydroxylation is 2. The van der Waals surface area contributed by atoms with Crippen LogP contribution in [-0.4, -0.2) is 57.7 Å². The van der Waals surface area contributed by atoms with E-state index in [1.165, 1.54) is 42.6 Å². The van der Waals surface area contributed by atoms with Gasteiger partial charge in [0.1, 0.15) is 0 Å². The van der Waals surface area contributed by atoms with Crippen molar-refractivity contribution in [2.75, 3.05) is 19.8 Å². The molecule has 1 unspecified atom stereocenters.